The average molecular weight is 515 g/mol. The molecular formula is C21H30IN3O2S. The Morgan fingerprint density at radius 3 is 2.93 bits per heavy atom. The van der Waals surface area contributed by atoms with Gasteiger partial charge in [-0.3, -0.25) is 4.99 Å². The van der Waals surface area contributed by atoms with Gasteiger partial charge in [-0.05, 0) is 53.8 Å². The van der Waals surface area contributed by atoms with Crippen LogP contribution in [0.15, 0.2) is 40.0 Å². The number of benzene rings is 1. The Kier molecular flexibility index (Phi) is 10.1. The predicted molar refractivity (Wildman–Crippen MR) is 127 cm³/mol. The number of guanidine groups is 1. The van der Waals surface area contributed by atoms with Crippen molar-refractivity contribution in [2.24, 2.45) is 10.9 Å². The van der Waals surface area contributed by atoms with Crippen LogP contribution >= 0.6 is 35.3 Å². The van der Waals surface area contributed by atoms with Gasteiger partial charge in [-0.15, -0.1) is 24.0 Å². The van der Waals surface area contributed by atoms with Gasteiger partial charge >= 0.3 is 0 Å². The summed E-state index contributed by atoms with van der Waals surface area (Å²) < 4.78 is 11.6. The van der Waals surface area contributed by atoms with Gasteiger partial charge in [0.2, 0.25) is 0 Å². The van der Waals surface area contributed by atoms with Gasteiger partial charge in [0.1, 0.15) is 5.75 Å². The van der Waals surface area contributed by atoms with Crippen LogP contribution in [0.3, 0.4) is 0 Å². The third-order valence-electron chi connectivity index (χ3n) is 4.68. The highest BCUT2D eigenvalue weighted by molar-refractivity contribution is 14.0. The second-order valence-corrected chi connectivity index (χ2v) is 7.67. The normalized spacial score (nSPS) is 16.5. The van der Waals surface area contributed by atoms with Gasteiger partial charge in [-0.1, -0.05) is 12.1 Å². The van der Waals surface area contributed by atoms with Crippen molar-refractivity contribution in [2.45, 2.75) is 26.3 Å². The van der Waals surface area contributed by atoms with Gasteiger partial charge in [0.25, 0.3) is 0 Å². The standard InChI is InChI=1S/C21H29N3O2S.HI/c1-16-3-4-19(20(11-16)26-14-18-6-9-25-13-18)12-24-21(22-2)23-8-5-17-7-10-27-15-17;/h3-4,7,10-11,15,18H,5-6,8-9,12-14H2,1-2H3,(H2,22,23,24);1H. The topological polar surface area (TPSA) is 54.9 Å². The van der Waals surface area contributed by atoms with E-state index in [1.54, 1.807) is 18.4 Å². The highest BCUT2D eigenvalue weighted by atomic mass is 127. The Hall–Kier alpha value is -1.32. The molecule has 1 aromatic heterocycles. The molecule has 5 nitrogen and oxygen atoms in total. The lowest BCUT2D eigenvalue weighted by molar-refractivity contribution is 0.166. The molecule has 1 aromatic carbocycles. The highest BCUT2D eigenvalue weighted by Gasteiger charge is 2.17. The summed E-state index contributed by atoms with van der Waals surface area (Å²) in [7, 11) is 1.80. The quantitative estimate of drug-likeness (QED) is 0.317. The fourth-order valence-corrected chi connectivity index (χ4v) is 3.73. The molecule has 1 aliphatic rings. The lowest BCUT2D eigenvalue weighted by Gasteiger charge is -2.17. The molecule has 0 saturated carbocycles. The molecule has 154 valence electrons. The molecule has 0 radical (unpaired) electrons. The molecule has 0 aliphatic carbocycles. The molecule has 7 heteroatoms. The highest BCUT2D eigenvalue weighted by Crippen LogP contribution is 2.22. The van der Waals surface area contributed by atoms with Crippen LogP contribution in [0.2, 0.25) is 0 Å². The zero-order valence-corrected chi connectivity index (χ0v) is 19.7. The third kappa shape index (κ3) is 7.25. The number of thiophene rings is 1. The summed E-state index contributed by atoms with van der Waals surface area (Å²) in [4.78, 5) is 4.32. The minimum Gasteiger partial charge on any atom is -0.493 e. The van der Waals surface area contributed by atoms with E-state index in [1.807, 2.05) is 0 Å². The molecule has 0 bridgehead atoms. The Labute approximate surface area is 189 Å². The SMILES string of the molecule is CN=C(NCCc1ccsc1)NCc1ccc(C)cc1OCC1CCOC1.I. The van der Waals surface area contributed by atoms with Crippen LogP contribution in [0.5, 0.6) is 5.75 Å². The first-order valence-electron chi connectivity index (χ1n) is 9.50. The van der Waals surface area contributed by atoms with Crippen molar-refractivity contribution in [3.8, 4) is 5.75 Å². The molecule has 0 spiro atoms. The Balaban J connectivity index is 0.00000280. The third-order valence-corrected chi connectivity index (χ3v) is 5.41. The molecule has 3 rings (SSSR count). The van der Waals surface area contributed by atoms with Crippen LogP contribution in [0.4, 0.5) is 0 Å². The minimum atomic E-state index is 0. The van der Waals surface area contributed by atoms with E-state index in [0.717, 1.165) is 49.9 Å². The van der Waals surface area contributed by atoms with Gasteiger partial charge < -0.3 is 20.1 Å². The first kappa shape index (κ1) is 23.0. The zero-order valence-electron chi connectivity index (χ0n) is 16.6. The van der Waals surface area contributed by atoms with Crippen molar-refractivity contribution >= 4 is 41.3 Å². The number of rotatable bonds is 8. The molecule has 1 aliphatic heterocycles. The van der Waals surface area contributed by atoms with Crippen LogP contribution in [0.25, 0.3) is 0 Å². The smallest absolute Gasteiger partial charge is 0.191 e. The monoisotopic (exact) mass is 515 g/mol. The maximum Gasteiger partial charge on any atom is 0.191 e. The number of aliphatic imine (C=N–C) groups is 1. The predicted octanol–water partition coefficient (Wildman–Crippen LogP) is 4.00. The number of nitrogens with one attached hydrogen (secondary N) is 2. The van der Waals surface area contributed by atoms with E-state index in [-0.39, 0.29) is 24.0 Å². The second kappa shape index (κ2) is 12.3. The van der Waals surface area contributed by atoms with Crippen molar-refractivity contribution in [3.63, 3.8) is 0 Å². The Bertz CT molecular complexity index is 731. The van der Waals surface area contributed by atoms with E-state index in [2.05, 4.69) is 57.6 Å². The summed E-state index contributed by atoms with van der Waals surface area (Å²) in [6, 6.07) is 8.52. The molecule has 0 amide bonds. The summed E-state index contributed by atoms with van der Waals surface area (Å²) >= 11 is 1.73. The van der Waals surface area contributed by atoms with Gasteiger partial charge in [-0.2, -0.15) is 11.3 Å². The second-order valence-electron chi connectivity index (χ2n) is 6.89. The summed E-state index contributed by atoms with van der Waals surface area (Å²) in [6.45, 7) is 5.99. The lowest BCUT2D eigenvalue weighted by atomic mass is 10.1. The maximum absolute atomic E-state index is 6.12. The number of halogens is 1. The minimum absolute atomic E-state index is 0. The number of ether oxygens (including phenoxy) is 2. The molecule has 1 saturated heterocycles. The van der Waals surface area contributed by atoms with Gasteiger partial charge in [0.15, 0.2) is 5.96 Å². The molecule has 1 fully saturated rings. The molecular weight excluding hydrogens is 485 g/mol. The number of hydrogen-bond donors (Lipinski definition) is 2. The van der Waals surface area contributed by atoms with Gasteiger partial charge in [0, 0.05) is 38.2 Å². The van der Waals surface area contributed by atoms with Crippen LogP contribution in [-0.2, 0) is 17.7 Å². The molecule has 2 aromatic rings. The molecule has 2 N–H and O–H groups in total. The number of nitrogens with zero attached hydrogens (tertiary/aromatic N) is 1. The molecule has 1 atom stereocenters. The van der Waals surface area contributed by atoms with Crippen LogP contribution in [-0.4, -0.2) is 39.4 Å². The number of hydrogen-bond acceptors (Lipinski definition) is 4. The Morgan fingerprint density at radius 2 is 2.21 bits per heavy atom. The summed E-state index contributed by atoms with van der Waals surface area (Å²) in [6.07, 6.45) is 2.08. The summed E-state index contributed by atoms with van der Waals surface area (Å²) in [5.74, 6) is 2.25. The zero-order chi connectivity index (χ0) is 18.9. The van der Waals surface area contributed by atoms with E-state index < -0.39 is 0 Å². The van der Waals surface area contributed by atoms with E-state index >= 15 is 0 Å². The van der Waals surface area contributed by atoms with E-state index in [4.69, 9.17) is 9.47 Å². The van der Waals surface area contributed by atoms with E-state index in [9.17, 15) is 0 Å². The largest absolute Gasteiger partial charge is 0.493 e. The Morgan fingerprint density at radius 1 is 1.32 bits per heavy atom. The molecule has 28 heavy (non-hydrogen) atoms. The first-order chi connectivity index (χ1) is 13.2. The maximum atomic E-state index is 6.12. The van der Waals surface area contributed by atoms with Crippen LogP contribution in [0.1, 0.15) is 23.1 Å². The summed E-state index contributed by atoms with van der Waals surface area (Å²) in [5, 5.41) is 11.1. The van der Waals surface area contributed by atoms with Gasteiger partial charge in [0.05, 0.1) is 13.2 Å². The van der Waals surface area contributed by atoms with Crippen molar-refractivity contribution in [1.82, 2.24) is 10.6 Å². The van der Waals surface area contributed by atoms with Crippen molar-refractivity contribution in [3.05, 3.63) is 51.7 Å². The van der Waals surface area contributed by atoms with Crippen molar-refractivity contribution < 1.29 is 9.47 Å². The lowest BCUT2D eigenvalue weighted by Crippen LogP contribution is -2.37. The van der Waals surface area contributed by atoms with Crippen LogP contribution < -0.4 is 15.4 Å². The van der Waals surface area contributed by atoms with Crippen molar-refractivity contribution in [1.29, 1.82) is 0 Å². The molecule has 1 unspecified atom stereocenters. The van der Waals surface area contributed by atoms with E-state index in [1.165, 1.54) is 11.1 Å². The van der Waals surface area contributed by atoms with E-state index in [0.29, 0.717) is 19.1 Å². The fraction of sp³-hybridized carbons (Fsp3) is 0.476. The summed E-state index contributed by atoms with van der Waals surface area (Å²) in [5.41, 5.74) is 3.70. The fourth-order valence-electron chi connectivity index (χ4n) is 3.02. The average Bonchev–Trinajstić information content (AvgIpc) is 3.37. The molecule has 2 heterocycles. The van der Waals surface area contributed by atoms with Gasteiger partial charge in [-0.25, -0.2) is 0 Å². The first-order valence-corrected chi connectivity index (χ1v) is 10.4. The van der Waals surface area contributed by atoms with Crippen LogP contribution in [0, 0.1) is 12.8 Å². The van der Waals surface area contributed by atoms with Crippen molar-refractivity contribution in [2.75, 3.05) is 33.4 Å². The number of aryl methyl sites for hydroxylation is 1.